The normalized spacial score (nSPS) is 10.3. The Morgan fingerprint density at radius 1 is 0.852 bits per heavy atom. The van der Waals surface area contributed by atoms with Gasteiger partial charge in [-0.3, -0.25) is 0 Å². The van der Waals surface area contributed by atoms with Crippen molar-refractivity contribution in [2.24, 2.45) is 0 Å². The zero-order valence-electron chi connectivity index (χ0n) is 15.5. The second kappa shape index (κ2) is 8.79. The van der Waals surface area contributed by atoms with Crippen LogP contribution in [-0.2, 0) is 6.42 Å². The van der Waals surface area contributed by atoms with Crippen molar-refractivity contribution in [2.45, 2.75) is 6.42 Å². The molecule has 0 bridgehead atoms. The number of pyridine rings is 1. The first kappa shape index (κ1) is 18.4. The predicted molar refractivity (Wildman–Crippen MR) is 101 cm³/mol. The maximum absolute atomic E-state index is 5.19. The number of nitrogens with one attached hydrogen (secondary N) is 1. The minimum Gasteiger partial charge on any atom is -0.497 e. The van der Waals surface area contributed by atoms with Crippen LogP contribution in [-0.4, -0.2) is 47.8 Å². The lowest BCUT2D eigenvalue weighted by Crippen LogP contribution is -2.10. The third-order valence-electron chi connectivity index (χ3n) is 3.86. The summed E-state index contributed by atoms with van der Waals surface area (Å²) in [5.74, 6) is 2.29. The molecule has 2 aromatic heterocycles. The van der Waals surface area contributed by atoms with Gasteiger partial charge in [0.15, 0.2) is 5.82 Å². The number of benzene rings is 1. The Kier molecular flexibility index (Phi) is 5.98. The molecule has 0 unspecified atom stereocenters. The molecule has 0 amide bonds. The molecule has 0 radical (unpaired) electrons. The summed E-state index contributed by atoms with van der Waals surface area (Å²) in [6.45, 7) is 0.666. The highest BCUT2D eigenvalue weighted by molar-refractivity contribution is 5.55. The van der Waals surface area contributed by atoms with Gasteiger partial charge in [-0.15, -0.1) is 0 Å². The van der Waals surface area contributed by atoms with Crippen LogP contribution in [0.5, 0.6) is 17.6 Å². The fourth-order valence-corrected chi connectivity index (χ4v) is 2.40. The van der Waals surface area contributed by atoms with Crippen molar-refractivity contribution in [3.8, 4) is 29.0 Å². The fourth-order valence-electron chi connectivity index (χ4n) is 2.40. The number of nitrogens with zero attached hydrogens (tertiary/aromatic N) is 4. The summed E-state index contributed by atoms with van der Waals surface area (Å²) < 4.78 is 15.4. The summed E-state index contributed by atoms with van der Waals surface area (Å²) >= 11 is 0. The zero-order chi connectivity index (χ0) is 19.1. The van der Waals surface area contributed by atoms with E-state index in [4.69, 9.17) is 14.2 Å². The second-order valence-electron chi connectivity index (χ2n) is 5.58. The van der Waals surface area contributed by atoms with Gasteiger partial charge in [0, 0.05) is 24.4 Å². The summed E-state index contributed by atoms with van der Waals surface area (Å²) in [7, 11) is 4.74. The van der Waals surface area contributed by atoms with Gasteiger partial charge in [0.1, 0.15) is 5.75 Å². The SMILES string of the molecule is COc1ccc(CCNc2nc(OC)nc(-c3ccc(OC)nc3)n2)cc1. The number of anilines is 1. The van der Waals surface area contributed by atoms with Crippen LogP contribution in [0.4, 0.5) is 5.95 Å². The molecule has 0 aliphatic heterocycles. The molecular formula is C19H21N5O3. The maximum Gasteiger partial charge on any atom is 0.321 e. The molecule has 2 heterocycles. The molecule has 8 heteroatoms. The summed E-state index contributed by atoms with van der Waals surface area (Å²) in [5, 5.41) is 3.21. The van der Waals surface area contributed by atoms with Gasteiger partial charge in [-0.1, -0.05) is 12.1 Å². The van der Waals surface area contributed by atoms with Crippen LogP contribution in [0.25, 0.3) is 11.4 Å². The van der Waals surface area contributed by atoms with Gasteiger partial charge in [-0.25, -0.2) is 4.98 Å². The maximum atomic E-state index is 5.19. The molecular weight excluding hydrogens is 346 g/mol. The van der Waals surface area contributed by atoms with Gasteiger partial charge in [-0.2, -0.15) is 15.0 Å². The van der Waals surface area contributed by atoms with E-state index in [9.17, 15) is 0 Å². The van der Waals surface area contributed by atoms with Crippen molar-refractivity contribution in [2.75, 3.05) is 33.2 Å². The number of hydrogen-bond acceptors (Lipinski definition) is 8. The van der Waals surface area contributed by atoms with E-state index < -0.39 is 0 Å². The molecule has 0 aliphatic carbocycles. The van der Waals surface area contributed by atoms with Crippen molar-refractivity contribution in [1.82, 2.24) is 19.9 Å². The van der Waals surface area contributed by atoms with E-state index in [1.165, 1.54) is 12.7 Å². The van der Waals surface area contributed by atoms with Crippen LogP contribution in [0.15, 0.2) is 42.6 Å². The minimum atomic E-state index is 0.239. The van der Waals surface area contributed by atoms with Gasteiger partial charge in [0.05, 0.1) is 21.3 Å². The Morgan fingerprint density at radius 2 is 1.67 bits per heavy atom. The van der Waals surface area contributed by atoms with Crippen molar-refractivity contribution in [3.63, 3.8) is 0 Å². The van der Waals surface area contributed by atoms with Crippen molar-refractivity contribution in [3.05, 3.63) is 48.2 Å². The van der Waals surface area contributed by atoms with Crippen LogP contribution in [0.1, 0.15) is 5.56 Å². The molecule has 0 aliphatic rings. The molecule has 0 fully saturated rings. The third-order valence-corrected chi connectivity index (χ3v) is 3.86. The molecule has 3 rings (SSSR count). The molecule has 0 spiro atoms. The number of rotatable bonds is 8. The van der Waals surface area contributed by atoms with Crippen LogP contribution < -0.4 is 19.5 Å². The van der Waals surface area contributed by atoms with E-state index in [0.29, 0.717) is 24.2 Å². The standard InChI is InChI=1S/C19H21N5O3/c1-25-15-7-4-13(5-8-15)10-11-20-18-22-17(23-19(24-18)27-3)14-6-9-16(26-2)21-12-14/h4-9,12H,10-11H2,1-3H3,(H,20,22,23,24). The van der Waals surface area contributed by atoms with Gasteiger partial charge < -0.3 is 19.5 Å². The van der Waals surface area contributed by atoms with Crippen molar-refractivity contribution < 1.29 is 14.2 Å². The smallest absolute Gasteiger partial charge is 0.321 e. The molecule has 0 saturated carbocycles. The Hall–Kier alpha value is -3.42. The van der Waals surface area contributed by atoms with Gasteiger partial charge >= 0.3 is 6.01 Å². The van der Waals surface area contributed by atoms with Gasteiger partial charge in [0.2, 0.25) is 11.8 Å². The topological polar surface area (TPSA) is 91.3 Å². The average molecular weight is 367 g/mol. The lowest BCUT2D eigenvalue weighted by Gasteiger charge is -2.09. The van der Waals surface area contributed by atoms with Gasteiger partial charge in [-0.05, 0) is 30.2 Å². The van der Waals surface area contributed by atoms with Crippen LogP contribution in [0, 0.1) is 0 Å². The summed E-state index contributed by atoms with van der Waals surface area (Å²) in [5.41, 5.74) is 1.93. The molecule has 27 heavy (non-hydrogen) atoms. The quantitative estimate of drug-likeness (QED) is 0.650. The average Bonchev–Trinajstić information content (AvgIpc) is 2.74. The highest BCUT2D eigenvalue weighted by Crippen LogP contribution is 2.20. The van der Waals surface area contributed by atoms with E-state index in [1.807, 2.05) is 30.3 Å². The highest BCUT2D eigenvalue weighted by Gasteiger charge is 2.09. The third kappa shape index (κ3) is 4.81. The fraction of sp³-hybridized carbons (Fsp3) is 0.263. The number of hydrogen-bond donors (Lipinski definition) is 1. The van der Waals surface area contributed by atoms with Crippen LogP contribution in [0.2, 0.25) is 0 Å². The highest BCUT2D eigenvalue weighted by atomic mass is 16.5. The first-order valence-electron chi connectivity index (χ1n) is 8.39. The Labute approximate surface area is 157 Å². The molecule has 0 atom stereocenters. The van der Waals surface area contributed by atoms with Crippen molar-refractivity contribution >= 4 is 5.95 Å². The summed E-state index contributed by atoms with van der Waals surface area (Å²) in [4.78, 5) is 17.2. The first-order valence-corrected chi connectivity index (χ1v) is 8.39. The Morgan fingerprint density at radius 3 is 2.30 bits per heavy atom. The largest absolute Gasteiger partial charge is 0.497 e. The molecule has 8 nitrogen and oxygen atoms in total. The lowest BCUT2D eigenvalue weighted by molar-refractivity contribution is 0.379. The number of ether oxygens (including phenoxy) is 3. The molecule has 3 aromatic rings. The molecule has 0 saturated heterocycles. The van der Waals surface area contributed by atoms with Crippen molar-refractivity contribution in [1.29, 1.82) is 0 Å². The van der Waals surface area contributed by atoms with E-state index in [1.54, 1.807) is 26.5 Å². The van der Waals surface area contributed by atoms with E-state index in [0.717, 1.165) is 17.7 Å². The molecule has 1 N–H and O–H groups in total. The Balaban J connectivity index is 1.70. The summed E-state index contributed by atoms with van der Waals surface area (Å²) in [6, 6.07) is 11.8. The van der Waals surface area contributed by atoms with Gasteiger partial charge in [0.25, 0.3) is 0 Å². The van der Waals surface area contributed by atoms with E-state index in [-0.39, 0.29) is 6.01 Å². The van der Waals surface area contributed by atoms with Crippen LogP contribution >= 0.6 is 0 Å². The monoisotopic (exact) mass is 367 g/mol. The van der Waals surface area contributed by atoms with E-state index >= 15 is 0 Å². The predicted octanol–water partition coefficient (Wildman–Crippen LogP) is 2.61. The Bertz CT molecular complexity index is 870. The van der Waals surface area contributed by atoms with E-state index in [2.05, 4.69) is 25.3 Å². The summed E-state index contributed by atoms with van der Waals surface area (Å²) in [6.07, 6.45) is 2.46. The molecule has 140 valence electrons. The van der Waals surface area contributed by atoms with Crippen LogP contribution in [0.3, 0.4) is 0 Å². The number of aromatic nitrogens is 4. The zero-order valence-corrected chi connectivity index (χ0v) is 15.5. The minimum absolute atomic E-state index is 0.239. The lowest BCUT2D eigenvalue weighted by atomic mass is 10.1. The first-order chi connectivity index (χ1) is 13.2. The second-order valence-corrected chi connectivity index (χ2v) is 5.58. The molecule has 1 aromatic carbocycles. The number of methoxy groups -OCH3 is 3.